The summed E-state index contributed by atoms with van der Waals surface area (Å²) >= 11 is 1.52. The zero-order valence-electron chi connectivity index (χ0n) is 26.2. The van der Waals surface area contributed by atoms with E-state index in [0.29, 0.717) is 37.7 Å². The number of thiazole rings is 1. The van der Waals surface area contributed by atoms with Crippen molar-refractivity contribution in [2.75, 3.05) is 39.4 Å². The van der Waals surface area contributed by atoms with Crippen LogP contribution in [-0.2, 0) is 32.0 Å². The van der Waals surface area contributed by atoms with E-state index in [4.69, 9.17) is 9.72 Å². The van der Waals surface area contributed by atoms with Gasteiger partial charge in [-0.15, -0.1) is 11.3 Å². The number of nitrogens with zero attached hydrogens (tertiary/aromatic N) is 3. The van der Waals surface area contributed by atoms with Crippen molar-refractivity contribution in [1.82, 2.24) is 20.5 Å². The van der Waals surface area contributed by atoms with Gasteiger partial charge >= 0.3 is 0 Å². The summed E-state index contributed by atoms with van der Waals surface area (Å²) < 4.78 is 20.0. The number of morpholine rings is 1. The number of benzene rings is 2. The van der Waals surface area contributed by atoms with E-state index in [1.165, 1.54) is 35.2 Å². The topological polar surface area (TPSA) is 113 Å². The van der Waals surface area contributed by atoms with E-state index in [1.807, 2.05) is 6.07 Å². The van der Waals surface area contributed by atoms with E-state index in [2.05, 4.69) is 53.1 Å². The highest BCUT2D eigenvalue weighted by Crippen LogP contribution is 2.27. The van der Waals surface area contributed by atoms with E-state index >= 15 is 0 Å². The Hall–Kier alpha value is -3.80. The average Bonchev–Trinajstić information content (AvgIpc) is 3.44. The molecule has 0 bridgehead atoms. The lowest BCUT2D eigenvalue weighted by atomic mass is 10.0. The second-order valence-electron chi connectivity index (χ2n) is 11.6. The highest BCUT2D eigenvalue weighted by Gasteiger charge is 2.24. The molecule has 2 aromatic carbocycles. The normalized spacial score (nSPS) is 15.3. The highest BCUT2D eigenvalue weighted by atomic mass is 32.1. The summed E-state index contributed by atoms with van der Waals surface area (Å²) in [5.74, 6) is -1.73. The van der Waals surface area contributed by atoms with Gasteiger partial charge in [0, 0.05) is 50.8 Å². The number of amides is 3. The molecule has 3 amide bonds. The van der Waals surface area contributed by atoms with Crippen LogP contribution in [0.3, 0.4) is 0 Å². The summed E-state index contributed by atoms with van der Waals surface area (Å²) in [4.78, 5) is 49.6. The summed E-state index contributed by atoms with van der Waals surface area (Å²) in [6, 6.07) is 11.7. The fourth-order valence-electron chi connectivity index (χ4n) is 4.93. The van der Waals surface area contributed by atoms with Crippen LogP contribution in [0.5, 0.6) is 0 Å². The molecule has 2 atom stereocenters. The molecule has 1 aromatic heterocycles. The van der Waals surface area contributed by atoms with Gasteiger partial charge in [0.15, 0.2) is 0 Å². The second kappa shape index (κ2) is 16.5. The van der Waals surface area contributed by atoms with Crippen LogP contribution in [0, 0.1) is 11.7 Å². The third-order valence-electron chi connectivity index (χ3n) is 7.65. The highest BCUT2D eigenvalue weighted by molar-refractivity contribution is 7.18. The quantitative estimate of drug-likeness (QED) is 0.200. The predicted octanol–water partition coefficient (Wildman–Crippen LogP) is 4.46. The molecule has 1 unspecified atom stereocenters. The number of halogens is 1. The number of aliphatic imine (C=N–C) groups is 1. The molecule has 0 spiro atoms. The fourth-order valence-corrected chi connectivity index (χ4v) is 6.00. The number of fused-ring (bicyclic) bond motifs is 1. The lowest BCUT2D eigenvalue weighted by Crippen LogP contribution is -2.48. The van der Waals surface area contributed by atoms with Crippen LogP contribution in [0.25, 0.3) is 10.2 Å². The van der Waals surface area contributed by atoms with E-state index in [1.54, 1.807) is 19.1 Å². The molecule has 0 aliphatic carbocycles. The van der Waals surface area contributed by atoms with Gasteiger partial charge < -0.3 is 15.4 Å². The van der Waals surface area contributed by atoms with Crippen LogP contribution >= 0.6 is 11.3 Å². The molecule has 11 heteroatoms. The molecule has 1 aliphatic heterocycles. The molecule has 9 nitrogen and oxygen atoms in total. The monoisotopic (exact) mass is 635 g/mol. The zero-order chi connectivity index (χ0) is 32.3. The Balaban J connectivity index is 1.49. The number of aromatic nitrogens is 1. The van der Waals surface area contributed by atoms with Gasteiger partial charge in [-0.1, -0.05) is 45.5 Å². The summed E-state index contributed by atoms with van der Waals surface area (Å²) in [5, 5.41) is 6.71. The van der Waals surface area contributed by atoms with Crippen molar-refractivity contribution in [2.45, 2.75) is 52.0 Å². The van der Waals surface area contributed by atoms with Gasteiger partial charge in [0.05, 0.1) is 40.4 Å². The van der Waals surface area contributed by atoms with Gasteiger partial charge in [0.1, 0.15) is 5.82 Å². The molecular formula is C34H42FN5O4S. The Labute approximate surface area is 268 Å². The number of rotatable bonds is 14. The summed E-state index contributed by atoms with van der Waals surface area (Å²) in [6.07, 6.45) is 2.22. The Bertz CT molecular complexity index is 1510. The molecule has 0 saturated carbocycles. The number of carbonyl (C=O) groups excluding carboxylic acids is 3. The van der Waals surface area contributed by atoms with Crippen molar-refractivity contribution in [3.63, 3.8) is 0 Å². The van der Waals surface area contributed by atoms with Crippen molar-refractivity contribution in [3.05, 3.63) is 76.6 Å². The molecule has 1 fully saturated rings. The van der Waals surface area contributed by atoms with Crippen LogP contribution in [0.4, 0.5) is 4.39 Å². The van der Waals surface area contributed by atoms with Crippen LogP contribution in [0.15, 0.2) is 59.6 Å². The van der Waals surface area contributed by atoms with Gasteiger partial charge in [0.2, 0.25) is 17.7 Å². The first-order valence-corrected chi connectivity index (χ1v) is 16.2. The SMILES string of the molecule is C=C(CN1CCOCC1)C(=O)NC[C@H](Cc1ccc(F)cc1)NC(=O)C(/C=N/C(=O)CC)Cc1nc2ccc(C(C)C)cc2s1. The first kappa shape index (κ1) is 34.1. The van der Waals surface area contributed by atoms with Gasteiger partial charge in [0.25, 0.3) is 0 Å². The molecule has 240 valence electrons. The maximum Gasteiger partial charge on any atom is 0.247 e. The Morgan fingerprint density at radius 1 is 1.13 bits per heavy atom. The summed E-state index contributed by atoms with van der Waals surface area (Å²) in [7, 11) is 0. The van der Waals surface area contributed by atoms with Crippen LogP contribution < -0.4 is 10.6 Å². The average molecular weight is 636 g/mol. The van der Waals surface area contributed by atoms with Crippen LogP contribution in [0.2, 0.25) is 0 Å². The van der Waals surface area contributed by atoms with E-state index in [9.17, 15) is 18.8 Å². The molecule has 1 aliphatic rings. The molecule has 0 radical (unpaired) electrons. The van der Waals surface area contributed by atoms with Gasteiger partial charge in [-0.25, -0.2) is 14.4 Å². The van der Waals surface area contributed by atoms with Crippen LogP contribution in [-0.4, -0.2) is 79.3 Å². The van der Waals surface area contributed by atoms with Gasteiger partial charge in [-0.3, -0.25) is 19.3 Å². The minimum Gasteiger partial charge on any atom is -0.379 e. The number of hydrogen-bond donors (Lipinski definition) is 2. The largest absolute Gasteiger partial charge is 0.379 e. The summed E-state index contributed by atoms with van der Waals surface area (Å²) in [6.45, 7) is 13.2. The van der Waals surface area contributed by atoms with Crippen molar-refractivity contribution in [2.24, 2.45) is 10.9 Å². The molecule has 3 aromatic rings. The molecule has 2 heterocycles. The Morgan fingerprint density at radius 3 is 2.56 bits per heavy atom. The smallest absolute Gasteiger partial charge is 0.247 e. The molecule has 4 rings (SSSR count). The van der Waals surface area contributed by atoms with Crippen molar-refractivity contribution < 1.29 is 23.5 Å². The number of nitrogens with one attached hydrogen (secondary N) is 2. The molecule has 2 N–H and O–H groups in total. The van der Waals surface area contributed by atoms with Gasteiger partial charge in [-0.2, -0.15) is 0 Å². The van der Waals surface area contributed by atoms with Crippen molar-refractivity contribution in [3.8, 4) is 0 Å². The molecular weight excluding hydrogens is 593 g/mol. The number of ether oxygens (including phenoxy) is 1. The predicted molar refractivity (Wildman–Crippen MR) is 176 cm³/mol. The molecule has 1 saturated heterocycles. The Kier molecular flexibility index (Phi) is 12.5. The third-order valence-corrected chi connectivity index (χ3v) is 8.69. The number of hydrogen-bond acceptors (Lipinski definition) is 7. The zero-order valence-corrected chi connectivity index (χ0v) is 27.0. The fraction of sp³-hybridized carbons (Fsp3) is 0.441. The number of carbonyl (C=O) groups is 3. The van der Waals surface area contributed by atoms with Crippen molar-refractivity contribution in [1.29, 1.82) is 0 Å². The maximum atomic E-state index is 13.8. The standard InChI is InChI=1S/C34H42FN5O4S/c1-5-31(41)36-19-26(18-32-39-29-11-8-25(22(2)3)17-30(29)45-32)34(43)38-28(16-24-6-9-27(35)10-7-24)20-37-33(42)23(4)21-40-12-14-44-15-13-40/h6-11,17,19,22,26,28H,4-5,12-16,18,20-21H2,1-3H3,(H,37,42)(H,38,43)/b36-19+/t26?,28-/m0/s1. The minimum atomic E-state index is -0.770. The van der Waals surface area contributed by atoms with E-state index < -0.39 is 12.0 Å². The Morgan fingerprint density at radius 2 is 1.87 bits per heavy atom. The molecule has 45 heavy (non-hydrogen) atoms. The summed E-state index contributed by atoms with van der Waals surface area (Å²) in [5.41, 5.74) is 3.28. The van der Waals surface area contributed by atoms with Gasteiger partial charge in [-0.05, 0) is 47.7 Å². The van der Waals surface area contributed by atoms with E-state index in [-0.39, 0.29) is 42.9 Å². The first-order chi connectivity index (χ1) is 21.6. The third kappa shape index (κ3) is 10.4. The lowest BCUT2D eigenvalue weighted by molar-refractivity contribution is -0.124. The maximum absolute atomic E-state index is 13.8. The first-order valence-electron chi connectivity index (χ1n) is 15.4. The van der Waals surface area contributed by atoms with Crippen molar-refractivity contribution >= 4 is 45.5 Å². The minimum absolute atomic E-state index is 0.126. The van der Waals surface area contributed by atoms with E-state index in [0.717, 1.165) is 33.9 Å². The van der Waals surface area contributed by atoms with Crippen LogP contribution in [0.1, 0.15) is 49.2 Å². The second-order valence-corrected chi connectivity index (χ2v) is 12.7. The lowest BCUT2D eigenvalue weighted by Gasteiger charge is -2.27.